The van der Waals surface area contributed by atoms with Gasteiger partial charge in [-0.25, -0.2) is 0 Å². The molecule has 0 radical (unpaired) electrons. The van der Waals surface area contributed by atoms with Gasteiger partial charge in [-0.15, -0.1) is 0 Å². The Kier molecular flexibility index (Phi) is 6.91. The Morgan fingerprint density at radius 2 is 1.93 bits per heavy atom. The molecule has 166 valence electrons. The van der Waals surface area contributed by atoms with Gasteiger partial charge >= 0.3 is 0 Å². The van der Waals surface area contributed by atoms with Crippen molar-refractivity contribution < 1.29 is 19.1 Å². The van der Waals surface area contributed by atoms with E-state index in [0.29, 0.717) is 24.7 Å². The van der Waals surface area contributed by atoms with Crippen LogP contribution in [0.4, 0.5) is 0 Å². The van der Waals surface area contributed by atoms with E-state index in [1.165, 1.54) is 11.3 Å². The van der Waals surface area contributed by atoms with Gasteiger partial charge in [-0.3, -0.25) is 14.9 Å². The van der Waals surface area contributed by atoms with E-state index in [4.69, 9.17) is 9.47 Å². The van der Waals surface area contributed by atoms with E-state index in [1.807, 2.05) is 36.9 Å². The average molecular weight is 418 g/mol. The molecule has 1 aliphatic heterocycles. The second-order valence-electron chi connectivity index (χ2n) is 8.41. The van der Waals surface area contributed by atoms with Crippen LogP contribution < -0.4 is 14.8 Å². The van der Waals surface area contributed by atoms with E-state index in [2.05, 4.69) is 5.32 Å². The number of carbonyl (C=O) groups excluding carboxylic acids is 2. The van der Waals surface area contributed by atoms with E-state index in [1.54, 1.807) is 21.0 Å². The minimum Gasteiger partial charge on any atom is -0.490 e. The minimum atomic E-state index is -0.617. The Morgan fingerprint density at radius 3 is 2.53 bits per heavy atom. The lowest BCUT2D eigenvalue weighted by Crippen LogP contribution is -2.48. The lowest BCUT2D eigenvalue weighted by molar-refractivity contribution is -0.135. The summed E-state index contributed by atoms with van der Waals surface area (Å²) in [7, 11) is 3.41. The number of hydrogen-bond acceptors (Lipinski definition) is 5. The number of carbonyl (C=O) groups is 2. The van der Waals surface area contributed by atoms with Crippen LogP contribution in [0, 0.1) is 0 Å². The number of likely N-dealkylation sites (N-methyl/N-ethyl adjacent to an activating group) is 2. The molecule has 3 rings (SSSR count). The molecule has 1 heterocycles. The zero-order valence-electron chi connectivity index (χ0n) is 18.9. The molecule has 1 saturated carbocycles. The van der Waals surface area contributed by atoms with Crippen LogP contribution in [0.3, 0.4) is 0 Å². The fourth-order valence-electron chi connectivity index (χ4n) is 4.56. The summed E-state index contributed by atoms with van der Waals surface area (Å²) in [5, 5.41) is 3.66. The second kappa shape index (κ2) is 9.25. The molecular weight excluding hydrogens is 382 g/mol. The molecule has 2 fully saturated rings. The van der Waals surface area contributed by atoms with Crippen molar-refractivity contribution in [3.05, 3.63) is 23.8 Å². The summed E-state index contributed by atoms with van der Waals surface area (Å²) in [4.78, 5) is 28.8. The normalized spacial score (nSPS) is 21.6. The van der Waals surface area contributed by atoms with Gasteiger partial charge in [0.1, 0.15) is 6.17 Å². The Labute approximate surface area is 179 Å². The van der Waals surface area contributed by atoms with Crippen LogP contribution in [0.5, 0.6) is 11.5 Å². The summed E-state index contributed by atoms with van der Waals surface area (Å²) in [6.45, 7) is 6.79. The lowest BCUT2D eigenvalue weighted by atomic mass is 9.81. The maximum Gasteiger partial charge on any atom is 0.262 e. The first-order valence-electron chi connectivity index (χ1n) is 11.1. The minimum absolute atomic E-state index is 0.110. The third-order valence-electron chi connectivity index (χ3n) is 6.12. The quantitative estimate of drug-likeness (QED) is 0.738. The summed E-state index contributed by atoms with van der Waals surface area (Å²) >= 11 is 0. The van der Waals surface area contributed by atoms with Crippen molar-refractivity contribution in [1.29, 1.82) is 0 Å². The van der Waals surface area contributed by atoms with Gasteiger partial charge < -0.3 is 19.3 Å². The predicted octanol–water partition coefficient (Wildman–Crippen LogP) is 3.09. The number of rotatable bonds is 7. The number of hydrogen-bond donors (Lipinski definition) is 1. The molecule has 1 spiro atoms. The van der Waals surface area contributed by atoms with Crippen molar-refractivity contribution in [2.75, 3.05) is 27.2 Å². The largest absolute Gasteiger partial charge is 0.490 e. The van der Waals surface area contributed by atoms with Gasteiger partial charge in [0, 0.05) is 20.6 Å². The number of amides is 2. The molecule has 1 N–H and O–H groups in total. The van der Waals surface area contributed by atoms with Crippen molar-refractivity contribution in [2.24, 2.45) is 0 Å². The molecule has 1 saturated heterocycles. The SMILES string of the molecule is CCOc1cc(C2NC3(CCCCC3)C(=O)N2CC)ccc1OC(C)C(=O)N(C)C. The molecular formula is C23H35N3O4. The van der Waals surface area contributed by atoms with Gasteiger partial charge in [-0.05, 0) is 51.3 Å². The number of nitrogens with zero attached hydrogens (tertiary/aromatic N) is 2. The Bertz CT molecular complexity index is 774. The molecule has 7 nitrogen and oxygen atoms in total. The molecule has 1 aromatic rings. The molecule has 30 heavy (non-hydrogen) atoms. The van der Waals surface area contributed by atoms with E-state index in [0.717, 1.165) is 31.2 Å². The number of benzene rings is 1. The van der Waals surface area contributed by atoms with Crippen molar-refractivity contribution in [3.8, 4) is 11.5 Å². The van der Waals surface area contributed by atoms with E-state index >= 15 is 0 Å². The third kappa shape index (κ3) is 4.26. The third-order valence-corrected chi connectivity index (χ3v) is 6.12. The van der Waals surface area contributed by atoms with Crippen molar-refractivity contribution in [2.45, 2.75) is 70.7 Å². The van der Waals surface area contributed by atoms with Crippen LogP contribution in [-0.2, 0) is 9.59 Å². The van der Waals surface area contributed by atoms with Crippen LogP contribution in [0.15, 0.2) is 18.2 Å². The zero-order valence-corrected chi connectivity index (χ0v) is 18.9. The Hall–Kier alpha value is -2.28. The van der Waals surface area contributed by atoms with E-state index < -0.39 is 11.6 Å². The molecule has 2 atom stereocenters. The molecule has 0 aromatic heterocycles. The van der Waals surface area contributed by atoms with Crippen LogP contribution in [0.25, 0.3) is 0 Å². The summed E-state index contributed by atoms with van der Waals surface area (Å²) in [6.07, 6.45) is 4.34. The molecule has 1 aliphatic carbocycles. The highest BCUT2D eigenvalue weighted by atomic mass is 16.5. The first-order valence-corrected chi connectivity index (χ1v) is 11.1. The second-order valence-corrected chi connectivity index (χ2v) is 8.41. The molecule has 2 amide bonds. The molecule has 2 unspecified atom stereocenters. The smallest absolute Gasteiger partial charge is 0.262 e. The van der Waals surface area contributed by atoms with Crippen molar-refractivity contribution in [3.63, 3.8) is 0 Å². The van der Waals surface area contributed by atoms with Gasteiger partial charge in [0.05, 0.1) is 12.1 Å². The summed E-state index contributed by atoms with van der Waals surface area (Å²) in [5.41, 5.74) is 0.530. The summed E-state index contributed by atoms with van der Waals surface area (Å²) < 4.78 is 11.7. The fourth-order valence-corrected chi connectivity index (χ4v) is 4.56. The first-order chi connectivity index (χ1) is 14.3. The molecule has 2 aliphatic rings. The first kappa shape index (κ1) is 22.4. The molecule has 0 bridgehead atoms. The Balaban J connectivity index is 1.87. The Morgan fingerprint density at radius 1 is 1.23 bits per heavy atom. The maximum absolute atomic E-state index is 13.2. The topological polar surface area (TPSA) is 71.1 Å². The van der Waals surface area contributed by atoms with Gasteiger partial charge in [-0.1, -0.05) is 25.3 Å². The number of nitrogens with one attached hydrogen (secondary N) is 1. The summed E-state index contributed by atoms with van der Waals surface area (Å²) in [6, 6.07) is 5.73. The maximum atomic E-state index is 13.2. The van der Waals surface area contributed by atoms with Crippen LogP contribution in [0.2, 0.25) is 0 Å². The number of ether oxygens (including phenoxy) is 2. The van der Waals surface area contributed by atoms with E-state index in [-0.39, 0.29) is 18.0 Å². The molecule has 1 aromatic carbocycles. The summed E-state index contributed by atoms with van der Waals surface area (Å²) in [5.74, 6) is 1.21. The monoisotopic (exact) mass is 417 g/mol. The van der Waals surface area contributed by atoms with Crippen LogP contribution in [-0.4, -0.2) is 60.5 Å². The molecule has 7 heteroatoms. The highest BCUT2D eigenvalue weighted by Crippen LogP contribution is 2.41. The van der Waals surface area contributed by atoms with Gasteiger partial charge in [0.25, 0.3) is 5.91 Å². The van der Waals surface area contributed by atoms with Crippen molar-refractivity contribution in [1.82, 2.24) is 15.1 Å². The lowest BCUT2D eigenvalue weighted by Gasteiger charge is -2.31. The highest BCUT2D eigenvalue weighted by molar-refractivity contribution is 5.89. The van der Waals surface area contributed by atoms with E-state index in [9.17, 15) is 9.59 Å². The average Bonchev–Trinajstić information content (AvgIpc) is 3.00. The predicted molar refractivity (Wildman–Crippen MR) is 115 cm³/mol. The van der Waals surface area contributed by atoms with Gasteiger partial charge in [-0.2, -0.15) is 0 Å². The highest BCUT2D eigenvalue weighted by Gasteiger charge is 2.51. The van der Waals surface area contributed by atoms with Gasteiger partial charge in [0.15, 0.2) is 17.6 Å². The standard InChI is InChI=1S/C23H35N3O4/c1-6-26-20(24-23(22(26)28)13-9-8-10-14-23)17-11-12-18(19(15-17)29-7-2)30-16(3)21(27)25(4)5/h11-12,15-16,20,24H,6-10,13-14H2,1-5H3. The fraction of sp³-hybridized carbons (Fsp3) is 0.652. The van der Waals surface area contributed by atoms with Gasteiger partial charge in [0.2, 0.25) is 5.91 Å². The zero-order chi connectivity index (χ0) is 21.9. The van der Waals surface area contributed by atoms with Crippen LogP contribution >= 0.6 is 0 Å². The van der Waals surface area contributed by atoms with Crippen LogP contribution in [0.1, 0.15) is 64.6 Å². The van der Waals surface area contributed by atoms with Crippen molar-refractivity contribution >= 4 is 11.8 Å².